The first-order chi connectivity index (χ1) is 8.88. The van der Waals surface area contributed by atoms with Crippen molar-refractivity contribution in [1.29, 1.82) is 0 Å². The van der Waals surface area contributed by atoms with Crippen molar-refractivity contribution in [1.82, 2.24) is 10.2 Å². The standard InChI is InChI=1S/C11H18N2O5S/c1-19-11(3-2-4-11)7-12-10(18)13(5-8(14)15)6-9(16)17/h2-7H2,1H3,(H,12,18)(H,14,15)(H,16,17). The Morgan fingerprint density at radius 1 is 1.21 bits per heavy atom. The summed E-state index contributed by atoms with van der Waals surface area (Å²) in [6.07, 6.45) is 5.10. The molecule has 1 aliphatic rings. The van der Waals surface area contributed by atoms with Gasteiger partial charge in [0.1, 0.15) is 13.1 Å². The number of rotatable bonds is 7. The van der Waals surface area contributed by atoms with Crippen molar-refractivity contribution in [3.63, 3.8) is 0 Å². The van der Waals surface area contributed by atoms with Crippen LogP contribution in [0.1, 0.15) is 19.3 Å². The largest absolute Gasteiger partial charge is 0.480 e. The summed E-state index contributed by atoms with van der Waals surface area (Å²) in [6.45, 7) is -0.808. The minimum absolute atomic E-state index is 0.0216. The van der Waals surface area contributed by atoms with Gasteiger partial charge in [0.15, 0.2) is 0 Å². The molecule has 0 unspecified atom stereocenters. The molecule has 7 nitrogen and oxygen atoms in total. The maximum atomic E-state index is 11.8. The van der Waals surface area contributed by atoms with Gasteiger partial charge < -0.3 is 20.4 Å². The smallest absolute Gasteiger partial charge is 0.323 e. The lowest BCUT2D eigenvalue weighted by atomic mass is 9.84. The first-order valence-electron chi connectivity index (χ1n) is 5.90. The van der Waals surface area contributed by atoms with E-state index < -0.39 is 31.1 Å². The highest BCUT2D eigenvalue weighted by Crippen LogP contribution is 2.42. The Balaban J connectivity index is 2.51. The highest BCUT2D eigenvalue weighted by Gasteiger charge is 2.36. The fourth-order valence-corrected chi connectivity index (χ4v) is 2.81. The predicted octanol–water partition coefficient (Wildman–Crippen LogP) is 0.453. The lowest BCUT2D eigenvalue weighted by Gasteiger charge is -2.40. The van der Waals surface area contributed by atoms with E-state index in [0.717, 1.165) is 24.2 Å². The van der Waals surface area contributed by atoms with E-state index in [4.69, 9.17) is 10.2 Å². The number of urea groups is 1. The zero-order valence-corrected chi connectivity index (χ0v) is 11.5. The van der Waals surface area contributed by atoms with E-state index in [1.165, 1.54) is 0 Å². The molecule has 0 bridgehead atoms. The van der Waals surface area contributed by atoms with Crippen LogP contribution in [0.5, 0.6) is 0 Å². The summed E-state index contributed by atoms with van der Waals surface area (Å²) in [5, 5.41) is 19.9. The molecule has 3 N–H and O–H groups in total. The minimum atomic E-state index is -1.24. The van der Waals surface area contributed by atoms with Crippen LogP contribution in [0.3, 0.4) is 0 Å². The number of carboxylic acids is 2. The van der Waals surface area contributed by atoms with Crippen molar-refractivity contribution in [3.05, 3.63) is 0 Å². The number of hydrogen-bond donors (Lipinski definition) is 3. The summed E-state index contributed by atoms with van der Waals surface area (Å²) < 4.78 is 0.0216. The first-order valence-corrected chi connectivity index (χ1v) is 7.12. The lowest BCUT2D eigenvalue weighted by Crippen LogP contribution is -2.51. The van der Waals surface area contributed by atoms with Gasteiger partial charge in [-0.2, -0.15) is 11.8 Å². The Morgan fingerprint density at radius 3 is 2.05 bits per heavy atom. The zero-order valence-electron chi connectivity index (χ0n) is 10.7. The van der Waals surface area contributed by atoms with Gasteiger partial charge in [-0.3, -0.25) is 9.59 Å². The molecule has 0 atom stereocenters. The average molecular weight is 290 g/mol. The van der Waals surface area contributed by atoms with Crippen LogP contribution >= 0.6 is 11.8 Å². The van der Waals surface area contributed by atoms with Crippen LogP contribution in [0.4, 0.5) is 4.79 Å². The van der Waals surface area contributed by atoms with Crippen LogP contribution in [0.15, 0.2) is 0 Å². The molecule has 2 amide bonds. The summed E-state index contributed by atoms with van der Waals surface area (Å²) in [4.78, 5) is 33.8. The number of nitrogens with one attached hydrogen (secondary N) is 1. The number of carbonyl (C=O) groups is 3. The quantitative estimate of drug-likeness (QED) is 0.628. The number of carbonyl (C=O) groups excluding carboxylic acids is 1. The van der Waals surface area contributed by atoms with Crippen LogP contribution in [-0.4, -0.2) is 63.7 Å². The summed E-state index contributed by atoms with van der Waals surface area (Å²) in [5.74, 6) is -2.47. The third-order valence-electron chi connectivity index (χ3n) is 3.20. The fraction of sp³-hybridized carbons (Fsp3) is 0.727. The van der Waals surface area contributed by atoms with Gasteiger partial charge in [-0.05, 0) is 19.1 Å². The van der Waals surface area contributed by atoms with Crippen molar-refractivity contribution < 1.29 is 24.6 Å². The predicted molar refractivity (Wildman–Crippen MR) is 70.3 cm³/mol. The lowest BCUT2D eigenvalue weighted by molar-refractivity contribution is -0.140. The molecule has 8 heteroatoms. The number of carboxylic acid groups (broad SMARTS) is 2. The molecule has 0 saturated heterocycles. The highest BCUT2D eigenvalue weighted by atomic mass is 32.2. The molecule has 1 saturated carbocycles. The van der Waals surface area contributed by atoms with Crippen LogP contribution in [0, 0.1) is 0 Å². The topological polar surface area (TPSA) is 107 Å². The first kappa shape index (κ1) is 15.6. The third-order valence-corrected chi connectivity index (χ3v) is 4.62. The summed E-state index contributed by atoms with van der Waals surface area (Å²) in [5.41, 5.74) is 0. The molecule has 19 heavy (non-hydrogen) atoms. The Bertz CT molecular complexity index is 349. The molecule has 1 fully saturated rings. The molecule has 0 aromatic heterocycles. The van der Waals surface area contributed by atoms with Crippen molar-refractivity contribution in [3.8, 4) is 0 Å². The molecule has 0 heterocycles. The van der Waals surface area contributed by atoms with Crippen LogP contribution < -0.4 is 5.32 Å². The second-order valence-corrected chi connectivity index (χ2v) is 5.82. The molecule has 0 aliphatic heterocycles. The molecule has 1 aliphatic carbocycles. The Hall–Kier alpha value is -1.44. The molecule has 0 aromatic rings. The van der Waals surface area contributed by atoms with Crippen molar-refractivity contribution in [2.75, 3.05) is 25.9 Å². The molecule has 0 radical (unpaired) electrons. The van der Waals surface area contributed by atoms with E-state index in [1.54, 1.807) is 11.8 Å². The summed E-state index contributed by atoms with van der Waals surface area (Å²) in [6, 6.07) is -0.648. The van der Waals surface area contributed by atoms with Crippen LogP contribution in [-0.2, 0) is 9.59 Å². The van der Waals surface area contributed by atoms with E-state index in [9.17, 15) is 14.4 Å². The molecule has 108 valence electrons. The molecule has 0 spiro atoms. The van der Waals surface area contributed by atoms with E-state index in [-0.39, 0.29) is 4.75 Å². The van der Waals surface area contributed by atoms with Gasteiger partial charge in [-0.1, -0.05) is 6.42 Å². The number of amides is 2. The molecular weight excluding hydrogens is 272 g/mol. The average Bonchev–Trinajstić information content (AvgIpc) is 2.25. The zero-order chi connectivity index (χ0) is 14.5. The van der Waals surface area contributed by atoms with Gasteiger partial charge in [-0.15, -0.1) is 0 Å². The minimum Gasteiger partial charge on any atom is -0.480 e. The van der Waals surface area contributed by atoms with Gasteiger partial charge in [0.05, 0.1) is 0 Å². The number of hydrogen-bond acceptors (Lipinski definition) is 4. The van der Waals surface area contributed by atoms with E-state index in [0.29, 0.717) is 6.54 Å². The molecule has 0 aromatic carbocycles. The van der Waals surface area contributed by atoms with E-state index in [2.05, 4.69) is 5.32 Å². The summed E-state index contributed by atoms with van der Waals surface area (Å²) in [7, 11) is 0. The summed E-state index contributed by atoms with van der Waals surface area (Å²) >= 11 is 1.67. The second-order valence-electron chi connectivity index (χ2n) is 4.54. The fourth-order valence-electron chi connectivity index (χ4n) is 1.90. The van der Waals surface area contributed by atoms with Gasteiger partial charge in [0.2, 0.25) is 0 Å². The van der Waals surface area contributed by atoms with Crippen molar-refractivity contribution in [2.45, 2.75) is 24.0 Å². The third kappa shape index (κ3) is 4.62. The number of nitrogens with zero attached hydrogens (tertiary/aromatic N) is 1. The maximum Gasteiger partial charge on any atom is 0.323 e. The van der Waals surface area contributed by atoms with Crippen LogP contribution in [0.2, 0.25) is 0 Å². The normalized spacial score (nSPS) is 16.3. The highest BCUT2D eigenvalue weighted by molar-refractivity contribution is 8.00. The number of aliphatic carboxylic acids is 2. The van der Waals surface area contributed by atoms with Gasteiger partial charge >= 0.3 is 18.0 Å². The van der Waals surface area contributed by atoms with E-state index >= 15 is 0 Å². The van der Waals surface area contributed by atoms with Gasteiger partial charge in [-0.25, -0.2) is 4.79 Å². The van der Waals surface area contributed by atoms with Crippen molar-refractivity contribution >= 4 is 29.7 Å². The Kier molecular flexibility index (Phi) is 5.46. The molecular formula is C11H18N2O5S. The Morgan fingerprint density at radius 2 is 1.74 bits per heavy atom. The van der Waals surface area contributed by atoms with E-state index in [1.807, 2.05) is 6.26 Å². The SMILES string of the molecule is CSC1(CNC(=O)N(CC(=O)O)CC(=O)O)CCC1. The Labute approximate surface area is 115 Å². The maximum absolute atomic E-state index is 11.8. The monoisotopic (exact) mass is 290 g/mol. The van der Waals surface area contributed by atoms with Crippen LogP contribution in [0.25, 0.3) is 0 Å². The second kappa shape index (κ2) is 6.65. The van der Waals surface area contributed by atoms with Gasteiger partial charge in [0, 0.05) is 11.3 Å². The molecule has 1 rings (SSSR count). The number of thioether (sulfide) groups is 1. The van der Waals surface area contributed by atoms with Gasteiger partial charge in [0.25, 0.3) is 0 Å². The van der Waals surface area contributed by atoms with Crippen molar-refractivity contribution in [2.24, 2.45) is 0 Å².